The largest absolute Gasteiger partial charge is 0.467 e. The molecule has 0 bridgehead atoms. The third-order valence-electron chi connectivity index (χ3n) is 2.18. The number of nitrogens with zero attached hydrogens (tertiary/aromatic N) is 1. The van der Waals surface area contributed by atoms with E-state index in [1.165, 1.54) is 6.26 Å². The van der Waals surface area contributed by atoms with E-state index in [2.05, 4.69) is 10.2 Å². The maximum atomic E-state index is 11.6. The van der Waals surface area contributed by atoms with Gasteiger partial charge in [0.15, 0.2) is 0 Å². The number of hydrogen-bond donors (Lipinski definition) is 2. The van der Waals surface area contributed by atoms with Crippen LogP contribution in [-0.2, 0) is 6.54 Å². The number of carbonyl (C=O) groups is 1. The normalized spacial score (nSPS) is 10.8. The molecule has 16 heavy (non-hydrogen) atoms. The van der Waals surface area contributed by atoms with Gasteiger partial charge in [0.1, 0.15) is 12.0 Å². The van der Waals surface area contributed by atoms with E-state index >= 15 is 0 Å². The van der Waals surface area contributed by atoms with E-state index in [0.29, 0.717) is 24.4 Å². The zero-order valence-corrected chi connectivity index (χ0v) is 9.82. The number of hydrogen-bond acceptors (Lipinski definition) is 4. The van der Waals surface area contributed by atoms with E-state index in [9.17, 15) is 4.79 Å². The molecule has 1 aromatic rings. The van der Waals surface area contributed by atoms with Crippen LogP contribution in [0, 0.1) is 0 Å². The number of nitrogens with one attached hydrogen (secondary N) is 1. The highest BCUT2D eigenvalue weighted by Gasteiger charge is 2.08. The summed E-state index contributed by atoms with van der Waals surface area (Å²) in [7, 11) is 4.01. The Balaban J connectivity index is 2.29. The lowest BCUT2D eigenvalue weighted by Crippen LogP contribution is -2.26. The average molecular weight is 225 g/mol. The van der Waals surface area contributed by atoms with Crippen LogP contribution < -0.4 is 11.1 Å². The lowest BCUT2D eigenvalue weighted by molar-refractivity contribution is 0.0951. The topological polar surface area (TPSA) is 71.5 Å². The van der Waals surface area contributed by atoms with Gasteiger partial charge in [-0.3, -0.25) is 4.79 Å². The molecule has 0 aliphatic rings. The van der Waals surface area contributed by atoms with Crippen LogP contribution >= 0.6 is 0 Å². The third kappa shape index (κ3) is 4.04. The second-order valence-corrected chi connectivity index (χ2v) is 3.92. The van der Waals surface area contributed by atoms with Crippen molar-refractivity contribution in [1.29, 1.82) is 0 Å². The highest BCUT2D eigenvalue weighted by molar-refractivity contribution is 5.93. The van der Waals surface area contributed by atoms with Gasteiger partial charge in [-0.05, 0) is 33.1 Å². The molecule has 1 heterocycles. The first-order chi connectivity index (χ1) is 7.63. The number of amides is 1. The Hall–Kier alpha value is -1.33. The number of carbonyl (C=O) groups excluding carboxylic acids is 1. The van der Waals surface area contributed by atoms with Gasteiger partial charge in [-0.2, -0.15) is 0 Å². The lowest BCUT2D eigenvalue weighted by Gasteiger charge is -2.09. The van der Waals surface area contributed by atoms with Crippen LogP contribution in [0.2, 0.25) is 0 Å². The van der Waals surface area contributed by atoms with Crippen molar-refractivity contribution in [3.63, 3.8) is 0 Å². The van der Waals surface area contributed by atoms with E-state index in [4.69, 9.17) is 10.2 Å². The van der Waals surface area contributed by atoms with Crippen LogP contribution in [0.4, 0.5) is 0 Å². The second kappa shape index (κ2) is 6.30. The van der Waals surface area contributed by atoms with Gasteiger partial charge in [0.05, 0.1) is 12.1 Å². The first kappa shape index (κ1) is 12.7. The van der Waals surface area contributed by atoms with Crippen LogP contribution in [0.1, 0.15) is 22.5 Å². The van der Waals surface area contributed by atoms with Gasteiger partial charge in [0.2, 0.25) is 0 Å². The van der Waals surface area contributed by atoms with Crippen LogP contribution in [0.5, 0.6) is 0 Å². The molecule has 90 valence electrons. The fourth-order valence-electron chi connectivity index (χ4n) is 1.31. The van der Waals surface area contributed by atoms with Crippen molar-refractivity contribution in [1.82, 2.24) is 10.2 Å². The summed E-state index contributed by atoms with van der Waals surface area (Å²) in [6, 6.07) is 1.67. The van der Waals surface area contributed by atoms with Gasteiger partial charge < -0.3 is 20.4 Å². The number of furan rings is 1. The molecule has 1 rings (SSSR count). The quantitative estimate of drug-likeness (QED) is 0.688. The minimum atomic E-state index is -0.109. The van der Waals surface area contributed by atoms with E-state index in [-0.39, 0.29) is 5.91 Å². The van der Waals surface area contributed by atoms with Crippen LogP contribution in [0.25, 0.3) is 0 Å². The SMILES string of the molecule is CN(C)CCCNC(=O)c1coc(CN)c1. The Morgan fingerprint density at radius 3 is 2.88 bits per heavy atom. The predicted octanol–water partition coefficient (Wildman–Crippen LogP) is 0.420. The number of nitrogens with two attached hydrogens (primary N) is 1. The molecule has 1 aromatic heterocycles. The predicted molar refractivity (Wildman–Crippen MR) is 62.1 cm³/mol. The zero-order chi connectivity index (χ0) is 12.0. The van der Waals surface area contributed by atoms with Crippen molar-refractivity contribution in [2.45, 2.75) is 13.0 Å². The maximum absolute atomic E-state index is 11.6. The van der Waals surface area contributed by atoms with Crippen molar-refractivity contribution in [3.05, 3.63) is 23.7 Å². The van der Waals surface area contributed by atoms with Gasteiger partial charge in [-0.25, -0.2) is 0 Å². The van der Waals surface area contributed by atoms with Gasteiger partial charge >= 0.3 is 0 Å². The van der Waals surface area contributed by atoms with E-state index in [0.717, 1.165) is 13.0 Å². The monoisotopic (exact) mass is 225 g/mol. The standard InChI is InChI=1S/C11H19N3O2/c1-14(2)5-3-4-13-11(15)9-6-10(7-12)16-8-9/h6,8H,3-5,7,12H2,1-2H3,(H,13,15). The summed E-state index contributed by atoms with van der Waals surface area (Å²) < 4.78 is 5.09. The smallest absolute Gasteiger partial charge is 0.254 e. The van der Waals surface area contributed by atoms with Gasteiger partial charge in [0, 0.05) is 6.54 Å². The molecule has 0 atom stereocenters. The Labute approximate surface area is 95.6 Å². The van der Waals surface area contributed by atoms with Crippen molar-refractivity contribution < 1.29 is 9.21 Å². The Morgan fingerprint density at radius 1 is 1.56 bits per heavy atom. The van der Waals surface area contributed by atoms with Crippen molar-refractivity contribution in [2.75, 3.05) is 27.2 Å². The molecular weight excluding hydrogens is 206 g/mol. The number of rotatable bonds is 6. The molecule has 5 heteroatoms. The molecule has 1 amide bonds. The Kier molecular flexibility index (Phi) is 5.01. The summed E-state index contributed by atoms with van der Waals surface area (Å²) in [5.41, 5.74) is 5.92. The van der Waals surface area contributed by atoms with Gasteiger partial charge in [-0.15, -0.1) is 0 Å². The molecule has 0 radical (unpaired) electrons. The Bertz CT molecular complexity index is 334. The summed E-state index contributed by atoms with van der Waals surface area (Å²) >= 11 is 0. The van der Waals surface area contributed by atoms with E-state index in [1.54, 1.807) is 6.07 Å². The molecule has 0 saturated heterocycles. The minimum Gasteiger partial charge on any atom is -0.467 e. The average Bonchev–Trinajstić information content (AvgIpc) is 2.72. The van der Waals surface area contributed by atoms with E-state index < -0.39 is 0 Å². The Morgan fingerprint density at radius 2 is 2.31 bits per heavy atom. The second-order valence-electron chi connectivity index (χ2n) is 3.92. The van der Waals surface area contributed by atoms with Crippen LogP contribution in [0.15, 0.2) is 16.7 Å². The molecule has 0 unspecified atom stereocenters. The van der Waals surface area contributed by atoms with E-state index in [1.807, 2.05) is 14.1 Å². The molecule has 0 saturated carbocycles. The van der Waals surface area contributed by atoms with Gasteiger partial charge in [0.25, 0.3) is 5.91 Å². The summed E-state index contributed by atoms with van der Waals surface area (Å²) in [4.78, 5) is 13.7. The molecule has 0 aliphatic heterocycles. The molecule has 0 fully saturated rings. The van der Waals surface area contributed by atoms with Crippen molar-refractivity contribution in [2.24, 2.45) is 5.73 Å². The lowest BCUT2D eigenvalue weighted by atomic mass is 10.3. The summed E-state index contributed by atoms with van der Waals surface area (Å²) in [6.07, 6.45) is 2.36. The molecular formula is C11H19N3O2. The molecule has 0 aliphatic carbocycles. The fraction of sp³-hybridized carbons (Fsp3) is 0.545. The summed E-state index contributed by atoms with van der Waals surface area (Å²) in [6.45, 7) is 1.94. The maximum Gasteiger partial charge on any atom is 0.254 e. The molecule has 5 nitrogen and oxygen atoms in total. The van der Waals surface area contributed by atoms with Crippen molar-refractivity contribution in [3.8, 4) is 0 Å². The molecule has 0 aromatic carbocycles. The molecule has 0 spiro atoms. The minimum absolute atomic E-state index is 0.109. The molecule has 3 N–H and O–H groups in total. The first-order valence-corrected chi connectivity index (χ1v) is 5.34. The fourth-order valence-corrected chi connectivity index (χ4v) is 1.31. The third-order valence-corrected chi connectivity index (χ3v) is 2.18. The first-order valence-electron chi connectivity index (χ1n) is 5.34. The van der Waals surface area contributed by atoms with Gasteiger partial charge in [-0.1, -0.05) is 0 Å². The summed E-state index contributed by atoms with van der Waals surface area (Å²) in [5, 5.41) is 2.83. The van der Waals surface area contributed by atoms with Crippen LogP contribution in [0.3, 0.4) is 0 Å². The highest BCUT2D eigenvalue weighted by Crippen LogP contribution is 2.06. The van der Waals surface area contributed by atoms with Crippen LogP contribution in [-0.4, -0.2) is 38.0 Å². The zero-order valence-electron chi connectivity index (χ0n) is 9.82. The van der Waals surface area contributed by atoms with Crippen molar-refractivity contribution >= 4 is 5.91 Å². The summed E-state index contributed by atoms with van der Waals surface area (Å²) in [5.74, 6) is 0.514. The highest BCUT2D eigenvalue weighted by atomic mass is 16.3.